The van der Waals surface area contributed by atoms with E-state index in [0.717, 1.165) is 109 Å². The summed E-state index contributed by atoms with van der Waals surface area (Å²) in [6, 6.07) is 19.8. The standard InChI is InChI=1S/C23H33NO.C21H28FNO2.C19H26FN/c1-23(2)19-8-6-7-18(21(23)15-19)16-24-13-11-17(12-14-24)20-9-4-5-10-22(20)25-3;1-24-20-6-5-18(22)13-19(20)21(25-2)7-9-23(10-8-21)14-17-12-15-3-4-16(17)11-15;1-13-2-5-18(20)17(10-13)15-6-8-21(9-7-15)19-12-14-3-4-16(19)11-14/h4-5,7,9-10,17,19,21H,6,8,11-16H2,1-3H3;3-6,13,15-17H,7-12,14H2,1-2H3;2,5,10,14-16,19H,3-4,6-9,11-12H2,1H3/t19-,21+;15-,16-,17+;14-,16-,19-/m100/s1. The summed E-state index contributed by atoms with van der Waals surface area (Å²) in [5.41, 5.74) is 6.23. The quantitative estimate of drug-likeness (QED) is 0.178. The lowest BCUT2D eigenvalue weighted by molar-refractivity contribution is -0.0661. The first-order valence-corrected chi connectivity index (χ1v) is 28.3. The summed E-state index contributed by atoms with van der Waals surface area (Å²) < 4.78 is 44.9. The average molecular weight is 972 g/mol. The van der Waals surface area contributed by atoms with Crippen molar-refractivity contribution in [2.75, 3.05) is 73.7 Å². The summed E-state index contributed by atoms with van der Waals surface area (Å²) in [7, 11) is 5.17. The predicted octanol–water partition coefficient (Wildman–Crippen LogP) is 13.7. The molecule has 6 nitrogen and oxygen atoms in total. The number of aryl methyl sites for hydroxylation is 1. The van der Waals surface area contributed by atoms with Crippen LogP contribution in [0.1, 0.15) is 144 Å². The third kappa shape index (κ3) is 11.0. The number of allylic oxidation sites excluding steroid dienone is 3. The minimum absolute atomic E-state index is 0.000951. The smallest absolute Gasteiger partial charge is 0.126 e. The molecule has 0 N–H and O–H groups in total. The molecule has 6 bridgehead atoms. The summed E-state index contributed by atoms with van der Waals surface area (Å²) in [5.74, 6) is 8.86. The first-order chi connectivity index (χ1) is 34.4. The van der Waals surface area contributed by atoms with E-state index < -0.39 is 5.60 Å². The number of halogens is 2. The molecule has 3 aromatic rings. The number of fused-ring (bicyclic) bond motifs is 6. The zero-order valence-electron chi connectivity index (χ0n) is 44.4. The highest BCUT2D eigenvalue weighted by atomic mass is 19.1. The van der Waals surface area contributed by atoms with E-state index >= 15 is 0 Å². The maximum Gasteiger partial charge on any atom is 0.126 e. The molecule has 0 spiro atoms. The Morgan fingerprint density at radius 1 is 0.676 bits per heavy atom. The number of para-hydroxylation sites is 1. The first kappa shape index (κ1) is 50.9. The number of likely N-dealkylation sites (tertiary alicyclic amines) is 3. The number of rotatable bonds is 11. The van der Waals surface area contributed by atoms with Gasteiger partial charge in [-0.1, -0.05) is 80.0 Å². The van der Waals surface area contributed by atoms with Crippen LogP contribution in [0.2, 0.25) is 0 Å². The number of nitrogens with zero attached hydrogens (tertiary/aromatic N) is 3. The number of piperidine rings is 3. The molecule has 0 amide bonds. The fraction of sp³-hybridized carbons (Fsp3) is 0.651. The Morgan fingerprint density at radius 3 is 2.08 bits per heavy atom. The second kappa shape index (κ2) is 22.1. The Kier molecular flexibility index (Phi) is 15.9. The molecule has 386 valence electrons. The number of methoxy groups -OCH3 is 3. The second-order valence-electron chi connectivity index (χ2n) is 24.4. The molecular formula is C63H87F2N3O3. The van der Waals surface area contributed by atoms with Crippen molar-refractivity contribution in [3.63, 3.8) is 0 Å². The van der Waals surface area contributed by atoms with Gasteiger partial charge in [0, 0.05) is 44.9 Å². The van der Waals surface area contributed by atoms with E-state index in [2.05, 4.69) is 84.0 Å². The van der Waals surface area contributed by atoms with Crippen LogP contribution in [-0.4, -0.2) is 94.4 Å². The predicted molar refractivity (Wildman–Crippen MR) is 284 cm³/mol. The lowest BCUT2D eigenvalue weighted by Gasteiger charge is -2.53. The molecule has 3 aliphatic heterocycles. The number of ether oxygens (including phenoxy) is 3. The summed E-state index contributed by atoms with van der Waals surface area (Å²) in [4.78, 5) is 8.00. The molecule has 3 saturated heterocycles. The van der Waals surface area contributed by atoms with Crippen LogP contribution in [0.5, 0.6) is 11.5 Å². The van der Waals surface area contributed by atoms with Gasteiger partial charge in [-0.3, -0.25) is 4.90 Å². The van der Waals surface area contributed by atoms with Gasteiger partial charge >= 0.3 is 0 Å². The molecular weight excluding hydrogens is 885 g/mol. The number of benzene rings is 3. The van der Waals surface area contributed by atoms with Crippen molar-refractivity contribution in [2.24, 2.45) is 46.8 Å². The maximum absolute atomic E-state index is 14.1. The van der Waals surface area contributed by atoms with Crippen LogP contribution >= 0.6 is 0 Å². The molecule has 0 aromatic heterocycles. The first-order valence-electron chi connectivity index (χ1n) is 28.3. The Labute approximate surface area is 426 Å². The zero-order chi connectivity index (χ0) is 49.3. The normalized spacial score (nSPS) is 31.2. The number of hydrogen-bond acceptors (Lipinski definition) is 6. The van der Waals surface area contributed by atoms with Crippen molar-refractivity contribution in [3.8, 4) is 11.5 Å². The maximum atomic E-state index is 14.1. The lowest BCUT2D eigenvalue weighted by Crippen LogP contribution is -2.46. The molecule has 3 aromatic carbocycles. The Hall–Kier alpha value is -3.56. The molecule has 71 heavy (non-hydrogen) atoms. The minimum atomic E-state index is -0.446. The van der Waals surface area contributed by atoms with Crippen LogP contribution in [0.3, 0.4) is 0 Å². The Morgan fingerprint density at radius 2 is 1.42 bits per heavy atom. The number of hydrogen-bond donors (Lipinski definition) is 0. The molecule has 8 atom stereocenters. The van der Waals surface area contributed by atoms with Crippen LogP contribution in [0, 0.1) is 65.4 Å². The van der Waals surface area contributed by atoms with Gasteiger partial charge in [0.05, 0.1) is 19.8 Å². The summed E-state index contributed by atoms with van der Waals surface area (Å²) in [6.07, 6.45) is 26.7. The van der Waals surface area contributed by atoms with Crippen LogP contribution in [0.15, 0.2) is 84.5 Å². The van der Waals surface area contributed by atoms with Gasteiger partial charge in [0.2, 0.25) is 0 Å². The van der Waals surface area contributed by atoms with E-state index in [1.807, 2.05) is 6.07 Å². The van der Waals surface area contributed by atoms with Gasteiger partial charge in [0.1, 0.15) is 23.1 Å². The van der Waals surface area contributed by atoms with Gasteiger partial charge in [-0.15, -0.1) is 0 Å². The highest BCUT2D eigenvalue weighted by Gasteiger charge is 2.50. The Balaban J connectivity index is 0.000000123. The van der Waals surface area contributed by atoms with E-state index in [1.165, 1.54) is 127 Å². The largest absolute Gasteiger partial charge is 0.496 e. The van der Waals surface area contributed by atoms with E-state index in [0.29, 0.717) is 17.3 Å². The van der Waals surface area contributed by atoms with Crippen LogP contribution in [0.4, 0.5) is 8.78 Å². The molecule has 8 heteroatoms. The summed E-state index contributed by atoms with van der Waals surface area (Å²) in [5, 5.41) is 0. The third-order valence-electron chi connectivity index (χ3n) is 20.3. The molecule has 7 fully saturated rings. The van der Waals surface area contributed by atoms with Gasteiger partial charge in [-0.05, 0) is 223 Å². The average Bonchev–Trinajstić information content (AvgIpc) is 4.20. The third-order valence-corrected chi connectivity index (χ3v) is 20.3. The van der Waals surface area contributed by atoms with Gasteiger partial charge in [0.15, 0.2) is 0 Å². The fourth-order valence-corrected chi connectivity index (χ4v) is 15.9. The van der Waals surface area contributed by atoms with Crippen molar-refractivity contribution in [3.05, 3.63) is 118 Å². The molecule has 10 aliphatic rings. The van der Waals surface area contributed by atoms with E-state index in [9.17, 15) is 8.78 Å². The van der Waals surface area contributed by atoms with Gasteiger partial charge in [0.25, 0.3) is 0 Å². The lowest BCUT2D eigenvalue weighted by atomic mass is 9.53. The van der Waals surface area contributed by atoms with Gasteiger partial charge in [-0.25, -0.2) is 8.78 Å². The Bertz CT molecular complexity index is 2320. The second-order valence-corrected chi connectivity index (χ2v) is 24.4. The highest BCUT2D eigenvalue weighted by Crippen LogP contribution is 2.58. The van der Waals surface area contributed by atoms with Crippen molar-refractivity contribution >= 4 is 0 Å². The fourth-order valence-electron chi connectivity index (χ4n) is 15.9. The molecule has 3 heterocycles. The molecule has 4 saturated carbocycles. The van der Waals surface area contributed by atoms with E-state index in [-0.39, 0.29) is 11.6 Å². The van der Waals surface area contributed by atoms with Gasteiger partial charge < -0.3 is 24.0 Å². The van der Waals surface area contributed by atoms with Crippen molar-refractivity contribution in [1.29, 1.82) is 0 Å². The van der Waals surface area contributed by atoms with Crippen molar-refractivity contribution in [2.45, 2.75) is 141 Å². The van der Waals surface area contributed by atoms with E-state index in [1.54, 1.807) is 45.1 Å². The van der Waals surface area contributed by atoms with Crippen molar-refractivity contribution in [1.82, 2.24) is 14.7 Å². The van der Waals surface area contributed by atoms with Crippen molar-refractivity contribution < 1.29 is 23.0 Å². The van der Waals surface area contributed by atoms with Crippen LogP contribution in [-0.2, 0) is 10.3 Å². The zero-order valence-corrected chi connectivity index (χ0v) is 44.4. The summed E-state index contributed by atoms with van der Waals surface area (Å²) >= 11 is 0. The molecule has 0 unspecified atom stereocenters. The highest BCUT2D eigenvalue weighted by molar-refractivity contribution is 5.40. The SMILES string of the molecule is COc1ccc(F)cc1C1(OC)CCN(C[C@H]2C[C@H]3C=C[C@H]2C3)CC1.COc1ccccc1C1CCN(CC2=CCC[C@@H]3C[C@@H]2C3(C)C)CC1.Cc1ccc(F)c(C2CCN([C@H]3C[C@H]4CC[C@H]3C4)CC2)c1. The topological polar surface area (TPSA) is 37.4 Å². The summed E-state index contributed by atoms with van der Waals surface area (Å²) in [6.45, 7) is 16.2. The van der Waals surface area contributed by atoms with E-state index in [4.69, 9.17) is 14.2 Å². The monoisotopic (exact) mass is 972 g/mol. The molecule has 0 radical (unpaired) electrons. The molecule has 13 rings (SSSR count). The van der Waals surface area contributed by atoms with Gasteiger partial charge in [-0.2, -0.15) is 0 Å². The van der Waals surface area contributed by atoms with Crippen LogP contribution < -0.4 is 9.47 Å². The van der Waals surface area contributed by atoms with Crippen LogP contribution in [0.25, 0.3) is 0 Å². The minimum Gasteiger partial charge on any atom is -0.496 e. The molecule has 7 aliphatic carbocycles.